The minimum atomic E-state index is 0.831. The molecule has 0 aliphatic carbocycles. The van der Waals surface area contributed by atoms with Crippen LogP contribution in [-0.4, -0.2) is 15.2 Å². The van der Waals surface area contributed by atoms with E-state index >= 15 is 0 Å². The standard InChI is InChI=1S/C10H11N3.C2H6/c1-7-3-4-9(8(2)5-7)10-11-6-12-13-10;1-2/h3-6H,1-2H3,(H,11,12,13);1-2H3. The van der Waals surface area contributed by atoms with Crippen molar-refractivity contribution in [3.63, 3.8) is 0 Å². The Morgan fingerprint density at radius 2 is 1.87 bits per heavy atom. The van der Waals surface area contributed by atoms with Crippen LogP contribution in [-0.2, 0) is 0 Å². The minimum Gasteiger partial charge on any atom is -0.259 e. The first kappa shape index (κ1) is 11.4. The molecule has 3 heteroatoms. The van der Waals surface area contributed by atoms with Crippen LogP contribution in [0.25, 0.3) is 11.4 Å². The van der Waals surface area contributed by atoms with Crippen LogP contribution in [0.1, 0.15) is 25.0 Å². The van der Waals surface area contributed by atoms with Crippen LogP contribution < -0.4 is 0 Å². The molecule has 2 rings (SSSR count). The van der Waals surface area contributed by atoms with Crippen molar-refractivity contribution in [1.29, 1.82) is 0 Å². The summed E-state index contributed by atoms with van der Waals surface area (Å²) in [5.74, 6) is 0.831. The molecule has 1 heterocycles. The third-order valence-corrected chi connectivity index (χ3v) is 2.05. The number of nitrogens with one attached hydrogen (secondary N) is 1. The van der Waals surface area contributed by atoms with Gasteiger partial charge in [0.1, 0.15) is 6.33 Å². The Bertz CT molecular complexity index is 405. The average molecular weight is 203 g/mol. The van der Waals surface area contributed by atoms with Gasteiger partial charge in [0.15, 0.2) is 5.82 Å². The fraction of sp³-hybridized carbons (Fsp3) is 0.333. The van der Waals surface area contributed by atoms with E-state index in [2.05, 4.69) is 47.2 Å². The lowest BCUT2D eigenvalue weighted by Gasteiger charge is -2.02. The van der Waals surface area contributed by atoms with Crippen molar-refractivity contribution in [2.24, 2.45) is 0 Å². The van der Waals surface area contributed by atoms with E-state index in [4.69, 9.17) is 0 Å². The Morgan fingerprint density at radius 3 is 2.40 bits per heavy atom. The van der Waals surface area contributed by atoms with Crippen LogP contribution in [0.2, 0.25) is 0 Å². The molecule has 0 spiro atoms. The molecule has 2 aromatic rings. The summed E-state index contributed by atoms with van der Waals surface area (Å²) < 4.78 is 0. The number of aryl methyl sites for hydroxylation is 2. The predicted octanol–water partition coefficient (Wildman–Crippen LogP) is 3.11. The summed E-state index contributed by atoms with van der Waals surface area (Å²) in [4.78, 5) is 4.11. The molecule has 0 fully saturated rings. The monoisotopic (exact) mass is 203 g/mol. The molecule has 80 valence electrons. The third-order valence-electron chi connectivity index (χ3n) is 2.05. The van der Waals surface area contributed by atoms with Gasteiger partial charge in [0.05, 0.1) is 0 Å². The maximum atomic E-state index is 4.11. The summed E-state index contributed by atoms with van der Waals surface area (Å²) >= 11 is 0. The first-order valence-electron chi connectivity index (χ1n) is 5.20. The number of H-pyrrole nitrogens is 1. The highest BCUT2D eigenvalue weighted by molar-refractivity contribution is 5.59. The van der Waals surface area contributed by atoms with Gasteiger partial charge in [0, 0.05) is 5.56 Å². The third kappa shape index (κ3) is 2.65. The van der Waals surface area contributed by atoms with E-state index in [1.54, 1.807) is 0 Å². The topological polar surface area (TPSA) is 41.6 Å². The molecular formula is C12H17N3. The van der Waals surface area contributed by atoms with Gasteiger partial charge in [0.2, 0.25) is 0 Å². The van der Waals surface area contributed by atoms with Crippen LogP contribution in [0.4, 0.5) is 0 Å². The van der Waals surface area contributed by atoms with Crippen LogP contribution in [0.5, 0.6) is 0 Å². The van der Waals surface area contributed by atoms with Gasteiger partial charge < -0.3 is 0 Å². The number of benzene rings is 1. The molecule has 1 aromatic heterocycles. The van der Waals surface area contributed by atoms with Crippen molar-refractivity contribution in [3.05, 3.63) is 35.7 Å². The minimum absolute atomic E-state index is 0.831. The summed E-state index contributed by atoms with van der Waals surface area (Å²) in [6, 6.07) is 6.27. The highest BCUT2D eigenvalue weighted by atomic mass is 15.2. The molecule has 0 amide bonds. The second-order valence-corrected chi connectivity index (χ2v) is 3.15. The van der Waals surface area contributed by atoms with Gasteiger partial charge in [-0.15, -0.1) is 0 Å². The van der Waals surface area contributed by atoms with Crippen LogP contribution >= 0.6 is 0 Å². The number of hydrogen-bond acceptors (Lipinski definition) is 2. The largest absolute Gasteiger partial charge is 0.259 e. The van der Waals surface area contributed by atoms with Gasteiger partial charge in [-0.2, -0.15) is 5.10 Å². The van der Waals surface area contributed by atoms with E-state index in [1.807, 2.05) is 13.8 Å². The fourth-order valence-electron chi connectivity index (χ4n) is 1.41. The van der Waals surface area contributed by atoms with Gasteiger partial charge in [-0.25, -0.2) is 4.98 Å². The van der Waals surface area contributed by atoms with Crippen molar-refractivity contribution in [1.82, 2.24) is 15.2 Å². The molecule has 0 aliphatic heterocycles. The SMILES string of the molecule is CC.Cc1ccc(-c2ncn[nH]2)c(C)c1. The summed E-state index contributed by atoms with van der Waals surface area (Å²) in [6.45, 7) is 8.15. The van der Waals surface area contributed by atoms with E-state index in [1.165, 1.54) is 17.5 Å². The molecule has 0 unspecified atom stereocenters. The summed E-state index contributed by atoms with van der Waals surface area (Å²) in [7, 11) is 0. The van der Waals surface area contributed by atoms with Crippen molar-refractivity contribution >= 4 is 0 Å². The normalized spacial score (nSPS) is 9.33. The van der Waals surface area contributed by atoms with Gasteiger partial charge in [-0.3, -0.25) is 5.10 Å². The lowest BCUT2D eigenvalue weighted by molar-refractivity contribution is 1.09. The molecule has 15 heavy (non-hydrogen) atoms. The second kappa shape index (κ2) is 5.29. The summed E-state index contributed by atoms with van der Waals surface area (Å²) in [6.07, 6.45) is 1.52. The van der Waals surface area contributed by atoms with Crippen molar-refractivity contribution < 1.29 is 0 Å². The summed E-state index contributed by atoms with van der Waals surface area (Å²) in [5.41, 5.74) is 3.60. The number of hydrogen-bond donors (Lipinski definition) is 1. The Balaban J connectivity index is 0.000000531. The molecule has 0 saturated heterocycles. The number of aromatic nitrogens is 3. The first-order chi connectivity index (χ1) is 7.27. The quantitative estimate of drug-likeness (QED) is 0.773. The van der Waals surface area contributed by atoms with E-state index in [0.29, 0.717) is 0 Å². The molecule has 0 atom stereocenters. The van der Waals surface area contributed by atoms with Gasteiger partial charge in [-0.05, 0) is 19.4 Å². The molecule has 0 aliphatic rings. The number of nitrogens with zero attached hydrogens (tertiary/aromatic N) is 2. The molecule has 1 N–H and O–H groups in total. The van der Waals surface area contributed by atoms with Gasteiger partial charge >= 0.3 is 0 Å². The Morgan fingerprint density at radius 1 is 1.13 bits per heavy atom. The lowest BCUT2D eigenvalue weighted by atomic mass is 10.1. The number of rotatable bonds is 1. The summed E-state index contributed by atoms with van der Waals surface area (Å²) in [5, 5.41) is 6.68. The van der Waals surface area contributed by atoms with Gasteiger partial charge in [-0.1, -0.05) is 37.6 Å². The molecular weight excluding hydrogens is 186 g/mol. The molecule has 1 aromatic carbocycles. The van der Waals surface area contributed by atoms with Crippen LogP contribution in [0.3, 0.4) is 0 Å². The Labute approximate surface area is 90.6 Å². The highest BCUT2D eigenvalue weighted by Crippen LogP contribution is 2.19. The van der Waals surface area contributed by atoms with Gasteiger partial charge in [0.25, 0.3) is 0 Å². The molecule has 0 saturated carbocycles. The highest BCUT2D eigenvalue weighted by Gasteiger charge is 2.03. The van der Waals surface area contributed by atoms with Crippen LogP contribution in [0.15, 0.2) is 24.5 Å². The van der Waals surface area contributed by atoms with Crippen molar-refractivity contribution in [3.8, 4) is 11.4 Å². The lowest BCUT2D eigenvalue weighted by Crippen LogP contribution is -1.86. The van der Waals surface area contributed by atoms with E-state index in [-0.39, 0.29) is 0 Å². The maximum absolute atomic E-state index is 4.11. The second-order valence-electron chi connectivity index (χ2n) is 3.15. The smallest absolute Gasteiger partial charge is 0.155 e. The number of aromatic amines is 1. The zero-order valence-corrected chi connectivity index (χ0v) is 9.70. The molecule has 0 radical (unpaired) electrons. The van der Waals surface area contributed by atoms with Crippen molar-refractivity contribution in [2.45, 2.75) is 27.7 Å². The predicted molar refractivity (Wildman–Crippen MR) is 62.6 cm³/mol. The molecule has 3 nitrogen and oxygen atoms in total. The van der Waals surface area contributed by atoms with E-state index < -0.39 is 0 Å². The Kier molecular flexibility index (Phi) is 4.03. The average Bonchev–Trinajstić information content (AvgIpc) is 2.74. The zero-order valence-electron chi connectivity index (χ0n) is 9.70. The molecule has 0 bridgehead atoms. The van der Waals surface area contributed by atoms with E-state index in [9.17, 15) is 0 Å². The fourth-order valence-corrected chi connectivity index (χ4v) is 1.41. The Hall–Kier alpha value is -1.64. The zero-order chi connectivity index (χ0) is 11.3. The van der Waals surface area contributed by atoms with E-state index in [0.717, 1.165) is 11.4 Å². The van der Waals surface area contributed by atoms with Crippen molar-refractivity contribution in [2.75, 3.05) is 0 Å². The maximum Gasteiger partial charge on any atom is 0.155 e. The first-order valence-corrected chi connectivity index (χ1v) is 5.20. The van der Waals surface area contributed by atoms with Crippen LogP contribution in [0, 0.1) is 13.8 Å².